The Balaban J connectivity index is 0.00000456. The first-order valence-electron chi connectivity index (χ1n) is 10.0. The van der Waals surface area contributed by atoms with Crippen LogP contribution in [0.3, 0.4) is 0 Å². The van der Waals surface area contributed by atoms with Gasteiger partial charge in [0.05, 0.1) is 35.3 Å². The van der Waals surface area contributed by atoms with E-state index in [9.17, 15) is 26.7 Å². The van der Waals surface area contributed by atoms with Crippen molar-refractivity contribution in [3.05, 3.63) is 65.6 Å². The summed E-state index contributed by atoms with van der Waals surface area (Å²) in [7, 11) is 0. The number of hydrogen-bond acceptors (Lipinski definition) is 6. The third kappa shape index (κ3) is 6.50. The molecule has 1 amide bonds. The molecule has 1 atom stereocenters. The fraction of sp³-hybridized carbons (Fsp3) is 0.227. The minimum atomic E-state index is -5.06. The molecule has 3 aromatic rings. The van der Waals surface area contributed by atoms with Crippen molar-refractivity contribution >= 4 is 41.3 Å². The van der Waals surface area contributed by atoms with Crippen molar-refractivity contribution in [2.75, 3.05) is 30.1 Å². The molecule has 3 rings (SSSR count). The van der Waals surface area contributed by atoms with Gasteiger partial charge < -0.3 is 21.5 Å². The number of hydrogen-bond donors (Lipinski definition) is 3. The average Bonchev–Trinajstić information content (AvgIpc) is 2.80. The lowest BCUT2D eigenvalue weighted by Crippen LogP contribution is -2.23. The molecule has 14 heteroatoms. The standard InChI is InChI=1S/C22H19ClF5N5O2.ClH/c23-7-11(8-29)10-35-17-4-5-31-9-16(17)32-21(34)20-15(30)6-12(22(26,27)28)19(33-20)18-13(24)2-1-3-14(18)25;/h1-6,9,11H,7-8,10,29-30H2,(H,32,34);1H. The second-order valence-electron chi connectivity index (χ2n) is 7.31. The maximum absolute atomic E-state index is 14.3. The fourth-order valence-electron chi connectivity index (χ4n) is 3.01. The lowest BCUT2D eigenvalue weighted by atomic mass is 10.0. The number of nitrogens with one attached hydrogen (secondary N) is 1. The number of nitrogens with zero attached hydrogens (tertiary/aromatic N) is 2. The van der Waals surface area contributed by atoms with E-state index >= 15 is 0 Å². The minimum absolute atomic E-state index is 0. The number of amides is 1. The number of carbonyl (C=O) groups is 1. The molecule has 0 spiro atoms. The van der Waals surface area contributed by atoms with Crippen LogP contribution in [0.5, 0.6) is 5.75 Å². The van der Waals surface area contributed by atoms with E-state index in [-0.39, 0.29) is 48.8 Å². The van der Waals surface area contributed by atoms with E-state index in [1.54, 1.807) is 0 Å². The first-order chi connectivity index (χ1) is 16.6. The number of carbonyl (C=O) groups excluding carboxylic acids is 1. The Morgan fingerprint density at radius 2 is 1.86 bits per heavy atom. The minimum Gasteiger partial charge on any atom is -0.491 e. The molecule has 0 saturated carbocycles. The molecule has 0 aliphatic heterocycles. The zero-order valence-electron chi connectivity index (χ0n) is 18.3. The van der Waals surface area contributed by atoms with Crippen LogP contribution in [0.4, 0.5) is 33.3 Å². The maximum atomic E-state index is 14.3. The lowest BCUT2D eigenvalue weighted by Gasteiger charge is -2.18. The summed E-state index contributed by atoms with van der Waals surface area (Å²) in [5.74, 6) is -3.43. The molecule has 0 bridgehead atoms. The molecule has 36 heavy (non-hydrogen) atoms. The Morgan fingerprint density at radius 3 is 2.44 bits per heavy atom. The van der Waals surface area contributed by atoms with Crippen LogP contribution < -0.4 is 21.5 Å². The van der Waals surface area contributed by atoms with E-state index in [1.165, 1.54) is 18.5 Å². The normalized spacial score (nSPS) is 12.0. The molecule has 0 saturated heterocycles. The van der Waals surface area contributed by atoms with Crippen molar-refractivity contribution in [3.8, 4) is 17.0 Å². The average molecular weight is 552 g/mol. The van der Waals surface area contributed by atoms with Gasteiger partial charge in [-0.1, -0.05) is 6.07 Å². The van der Waals surface area contributed by atoms with Crippen molar-refractivity contribution in [1.29, 1.82) is 0 Å². The number of alkyl halides is 4. The van der Waals surface area contributed by atoms with Gasteiger partial charge in [-0.15, -0.1) is 24.0 Å². The van der Waals surface area contributed by atoms with Crippen molar-refractivity contribution < 1.29 is 31.5 Å². The van der Waals surface area contributed by atoms with Gasteiger partial charge in [0.1, 0.15) is 23.1 Å². The summed E-state index contributed by atoms with van der Waals surface area (Å²) < 4.78 is 75.2. The van der Waals surface area contributed by atoms with Gasteiger partial charge in [0, 0.05) is 24.1 Å². The number of benzene rings is 1. The summed E-state index contributed by atoms with van der Waals surface area (Å²) >= 11 is 5.79. The van der Waals surface area contributed by atoms with Crippen LogP contribution >= 0.6 is 24.0 Å². The molecule has 0 fully saturated rings. The van der Waals surface area contributed by atoms with E-state index in [0.29, 0.717) is 6.07 Å². The topological polar surface area (TPSA) is 116 Å². The van der Waals surface area contributed by atoms with Crippen molar-refractivity contribution in [2.45, 2.75) is 6.18 Å². The second kappa shape index (κ2) is 12.2. The summed E-state index contributed by atoms with van der Waals surface area (Å²) in [6.07, 6.45) is -2.46. The molecule has 1 aromatic carbocycles. The highest BCUT2D eigenvalue weighted by Crippen LogP contribution is 2.39. The molecule has 0 aliphatic rings. The van der Waals surface area contributed by atoms with Crippen LogP contribution in [-0.4, -0.2) is 34.9 Å². The quantitative estimate of drug-likeness (QED) is 0.271. The molecule has 2 heterocycles. The van der Waals surface area contributed by atoms with Crippen LogP contribution in [0.2, 0.25) is 0 Å². The van der Waals surface area contributed by atoms with Crippen LogP contribution in [0.1, 0.15) is 16.1 Å². The number of ether oxygens (including phenoxy) is 1. The zero-order chi connectivity index (χ0) is 25.8. The van der Waals surface area contributed by atoms with Crippen LogP contribution in [0.25, 0.3) is 11.3 Å². The number of anilines is 2. The molecular formula is C22H20Cl2F5N5O2. The zero-order valence-corrected chi connectivity index (χ0v) is 19.9. The van der Waals surface area contributed by atoms with Gasteiger partial charge in [0.15, 0.2) is 5.69 Å². The van der Waals surface area contributed by atoms with E-state index in [2.05, 4.69) is 15.3 Å². The van der Waals surface area contributed by atoms with Gasteiger partial charge in [-0.3, -0.25) is 9.78 Å². The first-order valence-corrected chi connectivity index (χ1v) is 10.6. The summed E-state index contributed by atoms with van der Waals surface area (Å²) in [6.45, 7) is 0.363. The SMILES string of the molecule is Cl.NCC(CCl)COc1ccncc1NC(=O)c1nc(-c2c(F)cccc2F)c(C(F)(F)F)cc1N. The number of nitrogen functional groups attached to an aromatic ring is 1. The van der Waals surface area contributed by atoms with E-state index in [1.807, 2.05) is 0 Å². The van der Waals surface area contributed by atoms with Gasteiger partial charge >= 0.3 is 6.18 Å². The molecule has 194 valence electrons. The third-order valence-corrected chi connectivity index (χ3v) is 5.26. The summed E-state index contributed by atoms with van der Waals surface area (Å²) in [4.78, 5) is 20.4. The van der Waals surface area contributed by atoms with Gasteiger partial charge in [0.2, 0.25) is 0 Å². The maximum Gasteiger partial charge on any atom is 0.418 e. The molecule has 2 aromatic heterocycles. The Labute approximate surface area is 213 Å². The van der Waals surface area contributed by atoms with Gasteiger partial charge in [-0.2, -0.15) is 13.2 Å². The van der Waals surface area contributed by atoms with Crippen LogP contribution in [0, 0.1) is 17.6 Å². The molecule has 0 radical (unpaired) electrons. The Kier molecular flexibility index (Phi) is 9.79. The lowest BCUT2D eigenvalue weighted by molar-refractivity contribution is -0.137. The predicted molar refractivity (Wildman–Crippen MR) is 127 cm³/mol. The molecule has 5 N–H and O–H groups in total. The Bertz CT molecular complexity index is 1210. The van der Waals surface area contributed by atoms with Gasteiger partial charge in [0.25, 0.3) is 5.91 Å². The number of pyridine rings is 2. The largest absolute Gasteiger partial charge is 0.491 e. The summed E-state index contributed by atoms with van der Waals surface area (Å²) in [5.41, 5.74) is 6.28. The predicted octanol–water partition coefficient (Wildman–Crippen LogP) is 4.89. The molecule has 1 unspecified atom stereocenters. The van der Waals surface area contributed by atoms with Gasteiger partial charge in [-0.05, 0) is 24.7 Å². The highest BCUT2D eigenvalue weighted by molar-refractivity contribution is 6.18. The highest BCUT2D eigenvalue weighted by Gasteiger charge is 2.37. The molecule has 0 aliphatic carbocycles. The van der Waals surface area contributed by atoms with Gasteiger partial charge in [-0.25, -0.2) is 13.8 Å². The molecular weight excluding hydrogens is 532 g/mol. The number of nitrogens with two attached hydrogens (primary N) is 2. The van der Waals surface area contributed by atoms with E-state index < -0.39 is 51.9 Å². The number of aromatic nitrogens is 2. The molecule has 7 nitrogen and oxygen atoms in total. The highest BCUT2D eigenvalue weighted by atomic mass is 35.5. The Hall–Kier alpha value is -3.22. The number of halogens is 7. The number of rotatable bonds is 8. The Morgan fingerprint density at radius 1 is 1.19 bits per heavy atom. The van der Waals surface area contributed by atoms with Crippen molar-refractivity contribution in [1.82, 2.24) is 9.97 Å². The first kappa shape index (κ1) is 29.0. The van der Waals surface area contributed by atoms with E-state index in [0.717, 1.165) is 18.2 Å². The monoisotopic (exact) mass is 551 g/mol. The van der Waals surface area contributed by atoms with E-state index in [4.69, 9.17) is 27.8 Å². The van der Waals surface area contributed by atoms with Crippen LogP contribution in [0.15, 0.2) is 42.7 Å². The third-order valence-electron chi connectivity index (χ3n) is 4.83. The van der Waals surface area contributed by atoms with Crippen LogP contribution in [-0.2, 0) is 6.18 Å². The summed E-state index contributed by atoms with van der Waals surface area (Å²) in [6, 6.07) is 4.35. The summed E-state index contributed by atoms with van der Waals surface area (Å²) in [5, 5.41) is 2.39. The second-order valence-corrected chi connectivity index (χ2v) is 7.62. The van der Waals surface area contributed by atoms with Crippen molar-refractivity contribution in [3.63, 3.8) is 0 Å². The fourth-order valence-corrected chi connectivity index (χ4v) is 3.22. The van der Waals surface area contributed by atoms with Crippen molar-refractivity contribution in [2.24, 2.45) is 11.7 Å². The smallest absolute Gasteiger partial charge is 0.418 e.